The number of rotatable bonds is 8. The highest BCUT2D eigenvalue weighted by molar-refractivity contribution is 5.94. The zero-order valence-electron chi connectivity index (χ0n) is 21.5. The average molecular weight is 606 g/mol. The fourth-order valence-corrected chi connectivity index (χ4v) is 4.40. The van der Waals surface area contributed by atoms with Crippen molar-refractivity contribution >= 4 is 23.3 Å². The molecular weight excluding hydrogens is 586 g/mol. The topological polar surface area (TPSA) is 145 Å². The second kappa shape index (κ2) is 11.1. The summed E-state index contributed by atoms with van der Waals surface area (Å²) in [7, 11) is 0. The maximum atomic E-state index is 14.5. The van der Waals surface area contributed by atoms with Gasteiger partial charge in [-0.1, -0.05) is 24.3 Å². The molecule has 0 amide bonds. The first kappa shape index (κ1) is 30.6. The molecule has 0 saturated heterocycles. The van der Waals surface area contributed by atoms with Gasteiger partial charge in [0.25, 0.3) is 0 Å². The molecule has 0 aliphatic carbocycles. The van der Waals surface area contributed by atoms with Crippen LogP contribution < -0.4 is 20.9 Å². The van der Waals surface area contributed by atoms with Crippen molar-refractivity contribution in [2.45, 2.75) is 17.8 Å². The van der Waals surface area contributed by atoms with Crippen LogP contribution in [0.1, 0.15) is 31.8 Å². The molecule has 4 aromatic rings. The lowest BCUT2D eigenvalue weighted by molar-refractivity contribution is -0.288. The Hall–Kier alpha value is -5.40. The number of hydrogen-bond donors (Lipinski definition) is 4. The molecule has 43 heavy (non-hydrogen) atoms. The van der Waals surface area contributed by atoms with E-state index in [1.165, 1.54) is 12.1 Å². The standard InChI is InChI=1S/C29H20F6N2O6/c30-28(31,32)27(29(33,34)35,15-1-5-17(6-2-15)42-19-9-11-21(25(38)39)23(36)13-19)16-3-7-18(8-4-16)43-20-10-12-22(26(40)41)24(37)14-20/h1-14H,36-37H2,(H,38,39)(H,40,41). The van der Waals surface area contributed by atoms with Crippen molar-refractivity contribution in [2.24, 2.45) is 0 Å². The fraction of sp³-hybridized carbons (Fsp3) is 0.103. The third kappa shape index (κ3) is 5.84. The van der Waals surface area contributed by atoms with Crippen molar-refractivity contribution in [3.05, 3.63) is 107 Å². The first-order valence-electron chi connectivity index (χ1n) is 12.0. The van der Waals surface area contributed by atoms with Crippen molar-refractivity contribution < 1.29 is 55.6 Å². The van der Waals surface area contributed by atoms with Gasteiger partial charge in [0.2, 0.25) is 5.41 Å². The molecule has 0 radical (unpaired) electrons. The number of nitrogens with two attached hydrogens (primary N) is 2. The van der Waals surface area contributed by atoms with Gasteiger partial charge >= 0.3 is 24.3 Å². The number of halogens is 6. The summed E-state index contributed by atoms with van der Waals surface area (Å²) in [4.78, 5) is 22.2. The molecule has 0 aliphatic heterocycles. The number of nitrogen functional groups attached to an aromatic ring is 2. The summed E-state index contributed by atoms with van der Waals surface area (Å²) in [5.41, 5.74) is 3.78. The Morgan fingerprint density at radius 2 is 0.837 bits per heavy atom. The fourth-order valence-electron chi connectivity index (χ4n) is 4.40. The van der Waals surface area contributed by atoms with Gasteiger partial charge in [0.1, 0.15) is 23.0 Å². The normalized spacial score (nSPS) is 12.0. The largest absolute Gasteiger partial charge is 0.478 e. The Labute approximate surface area is 238 Å². The van der Waals surface area contributed by atoms with Gasteiger partial charge < -0.3 is 31.2 Å². The Balaban J connectivity index is 1.69. The summed E-state index contributed by atoms with van der Waals surface area (Å²) in [5, 5.41) is 18.1. The number of anilines is 2. The van der Waals surface area contributed by atoms with Gasteiger partial charge in [-0.3, -0.25) is 0 Å². The summed E-state index contributed by atoms with van der Waals surface area (Å²) >= 11 is 0. The van der Waals surface area contributed by atoms with Gasteiger partial charge in [-0.05, 0) is 59.7 Å². The Kier molecular flexibility index (Phi) is 7.90. The van der Waals surface area contributed by atoms with Crippen molar-refractivity contribution in [1.82, 2.24) is 0 Å². The molecule has 4 rings (SSSR count). The first-order valence-corrected chi connectivity index (χ1v) is 12.0. The highest BCUT2D eigenvalue weighted by Crippen LogP contribution is 2.56. The third-order valence-electron chi connectivity index (χ3n) is 6.40. The molecule has 0 aliphatic rings. The number of carboxylic acids is 2. The maximum Gasteiger partial charge on any atom is 0.411 e. The summed E-state index contributed by atoms with van der Waals surface area (Å²) in [5.74, 6) is -2.88. The van der Waals surface area contributed by atoms with Gasteiger partial charge in [0.05, 0.1) is 11.1 Å². The molecule has 224 valence electrons. The van der Waals surface area contributed by atoms with E-state index < -0.39 is 40.8 Å². The van der Waals surface area contributed by atoms with Crippen LogP contribution in [0.5, 0.6) is 23.0 Å². The maximum absolute atomic E-state index is 14.5. The van der Waals surface area contributed by atoms with Crippen LogP contribution in [-0.4, -0.2) is 34.5 Å². The third-order valence-corrected chi connectivity index (χ3v) is 6.40. The number of aromatic carboxylic acids is 2. The van der Waals surface area contributed by atoms with E-state index in [4.69, 9.17) is 31.2 Å². The molecule has 0 aromatic heterocycles. The van der Waals surface area contributed by atoms with E-state index >= 15 is 0 Å². The zero-order chi connectivity index (χ0) is 31.7. The van der Waals surface area contributed by atoms with E-state index in [9.17, 15) is 35.9 Å². The van der Waals surface area contributed by atoms with E-state index in [0.29, 0.717) is 24.3 Å². The zero-order valence-corrected chi connectivity index (χ0v) is 21.5. The number of carbonyl (C=O) groups is 2. The SMILES string of the molecule is Nc1cc(Oc2ccc(C(c3ccc(Oc4ccc(C(=O)O)c(N)c4)cc3)(C(F)(F)F)C(F)(F)F)cc2)ccc1C(=O)O. The highest BCUT2D eigenvalue weighted by atomic mass is 19.4. The molecule has 0 spiro atoms. The molecule has 4 aromatic carbocycles. The molecule has 0 atom stereocenters. The predicted octanol–water partition coefficient (Wildman–Crippen LogP) is 7.24. The quantitative estimate of drug-likeness (QED) is 0.121. The lowest BCUT2D eigenvalue weighted by atomic mass is 9.73. The van der Waals surface area contributed by atoms with Crippen LogP contribution in [0.15, 0.2) is 84.9 Å². The molecule has 8 nitrogen and oxygen atoms in total. The van der Waals surface area contributed by atoms with Gasteiger partial charge in [-0.15, -0.1) is 0 Å². The minimum Gasteiger partial charge on any atom is -0.478 e. The van der Waals surface area contributed by atoms with E-state index in [0.717, 1.165) is 48.5 Å². The molecular formula is C29H20F6N2O6. The van der Waals surface area contributed by atoms with E-state index in [-0.39, 0.29) is 45.5 Å². The summed E-state index contributed by atoms with van der Waals surface area (Å²) in [6.07, 6.45) is -11.7. The minimum absolute atomic E-state index is 0.00287. The molecule has 14 heteroatoms. The van der Waals surface area contributed by atoms with Gasteiger partial charge in [0.15, 0.2) is 0 Å². The number of carboxylic acid groups (broad SMARTS) is 2. The van der Waals surface area contributed by atoms with Gasteiger partial charge in [-0.2, -0.15) is 26.3 Å². The predicted molar refractivity (Wildman–Crippen MR) is 142 cm³/mol. The molecule has 0 saturated carbocycles. The van der Waals surface area contributed by atoms with Crippen molar-refractivity contribution in [3.63, 3.8) is 0 Å². The molecule has 0 unspecified atom stereocenters. The van der Waals surface area contributed by atoms with E-state index in [1.54, 1.807) is 0 Å². The molecule has 6 N–H and O–H groups in total. The number of alkyl halides is 6. The first-order chi connectivity index (χ1) is 20.0. The summed E-state index contributed by atoms with van der Waals surface area (Å²) in [6.45, 7) is 0. The lowest BCUT2D eigenvalue weighted by Gasteiger charge is -2.38. The number of ether oxygens (including phenoxy) is 2. The second-order valence-electron chi connectivity index (χ2n) is 9.11. The van der Waals surface area contributed by atoms with Crippen LogP contribution in [-0.2, 0) is 5.41 Å². The highest BCUT2D eigenvalue weighted by Gasteiger charge is 2.72. The summed E-state index contributed by atoms with van der Waals surface area (Å²) < 4.78 is 98.0. The number of hydrogen-bond acceptors (Lipinski definition) is 6. The smallest absolute Gasteiger partial charge is 0.411 e. The van der Waals surface area contributed by atoms with Crippen LogP contribution in [0.2, 0.25) is 0 Å². The van der Waals surface area contributed by atoms with Crippen LogP contribution in [0, 0.1) is 0 Å². The molecule has 0 bridgehead atoms. The van der Waals surface area contributed by atoms with E-state index in [1.807, 2.05) is 0 Å². The van der Waals surface area contributed by atoms with Crippen molar-refractivity contribution in [1.29, 1.82) is 0 Å². The summed E-state index contributed by atoms with van der Waals surface area (Å²) in [6, 6.07) is 13.1. The minimum atomic E-state index is -5.85. The van der Waals surface area contributed by atoms with Crippen molar-refractivity contribution in [2.75, 3.05) is 11.5 Å². The average Bonchev–Trinajstić information content (AvgIpc) is 2.89. The van der Waals surface area contributed by atoms with Crippen LogP contribution in [0.4, 0.5) is 37.7 Å². The number of benzene rings is 4. The Morgan fingerprint density at radius 3 is 1.09 bits per heavy atom. The molecule has 0 heterocycles. The Morgan fingerprint density at radius 1 is 0.535 bits per heavy atom. The van der Waals surface area contributed by atoms with Crippen LogP contribution >= 0.6 is 0 Å². The second-order valence-corrected chi connectivity index (χ2v) is 9.11. The van der Waals surface area contributed by atoms with E-state index in [2.05, 4.69) is 0 Å². The van der Waals surface area contributed by atoms with Gasteiger partial charge in [-0.25, -0.2) is 9.59 Å². The Bertz CT molecular complexity index is 1540. The van der Waals surface area contributed by atoms with Crippen molar-refractivity contribution in [3.8, 4) is 23.0 Å². The van der Waals surface area contributed by atoms with Crippen LogP contribution in [0.3, 0.4) is 0 Å². The molecule has 0 fully saturated rings. The lowest BCUT2D eigenvalue weighted by Crippen LogP contribution is -2.54. The van der Waals surface area contributed by atoms with Gasteiger partial charge in [0, 0.05) is 23.5 Å². The monoisotopic (exact) mass is 606 g/mol. The van der Waals surface area contributed by atoms with Crippen LogP contribution in [0.25, 0.3) is 0 Å².